The lowest BCUT2D eigenvalue weighted by molar-refractivity contribution is -0.140. The van der Waals surface area contributed by atoms with Gasteiger partial charge in [0, 0.05) is 0 Å². The summed E-state index contributed by atoms with van der Waals surface area (Å²) in [6.07, 6.45) is 4.27. The number of carbonyl (C=O) groups excluding carboxylic acids is 2. The van der Waals surface area contributed by atoms with E-state index in [4.69, 9.17) is 0 Å². The highest BCUT2D eigenvalue weighted by atomic mass is 16.3. The van der Waals surface area contributed by atoms with E-state index in [1.54, 1.807) is 0 Å². The van der Waals surface area contributed by atoms with E-state index in [0.717, 1.165) is 12.8 Å². The van der Waals surface area contributed by atoms with E-state index < -0.39 is 23.3 Å². The number of hydrogen-bond acceptors (Lipinski definition) is 4. The molecular formula is C21H38N2O4. The average Bonchev–Trinajstić information content (AvgIpc) is 2.43. The molecule has 6 nitrogen and oxygen atoms in total. The fourth-order valence-corrected chi connectivity index (χ4v) is 4.54. The molecule has 2 saturated carbocycles. The summed E-state index contributed by atoms with van der Waals surface area (Å²) in [7, 11) is 0. The molecule has 0 spiro atoms. The molecule has 6 heteroatoms. The molecule has 0 aromatic carbocycles. The molecule has 2 atom stereocenters. The first-order valence-electron chi connectivity index (χ1n) is 10.2. The third-order valence-corrected chi connectivity index (χ3v) is 6.18. The van der Waals surface area contributed by atoms with Crippen molar-refractivity contribution >= 4 is 11.8 Å². The summed E-state index contributed by atoms with van der Waals surface area (Å²) in [5, 5.41) is 27.3. The molecule has 0 aromatic rings. The van der Waals surface area contributed by atoms with Crippen LogP contribution >= 0.6 is 0 Å². The third-order valence-electron chi connectivity index (χ3n) is 6.18. The van der Waals surface area contributed by atoms with Gasteiger partial charge in [0.1, 0.15) is 6.42 Å². The van der Waals surface area contributed by atoms with Gasteiger partial charge >= 0.3 is 0 Å². The number of hydrogen-bond donors (Lipinski definition) is 4. The van der Waals surface area contributed by atoms with Crippen LogP contribution in [0.4, 0.5) is 0 Å². The highest BCUT2D eigenvalue weighted by Crippen LogP contribution is 2.42. The van der Waals surface area contributed by atoms with Gasteiger partial charge in [0.25, 0.3) is 0 Å². The normalized spacial score (nSPS) is 23.4. The molecular weight excluding hydrogens is 344 g/mol. The number of nitrogens with one attached hydrogen (secondary N) is 2. The fraction of sp³-hybridized carbons (Fsp3) is 0.905. The van der Waals surface area contributed by atoms with Gasteiger partial charge < -0.3 is 20.8 Å². The van der Waals surface area contributed by atoms with Crippen LogP contribution in [0.5, 0.6) is 0 Å². The van der Waals surface area contributed by atoms with Crippen LogP contribution in [-0.2, 0) is 9.59 Å². The van der Waals surface area contributed by atoms with Gasteiger partial charge in [0.2, 0.25) is 11.8 Å². The Morgan fingerprint density at radius 1 is 0.778 bits per heavy atom. The maximum absolute atomic E-state index is 12.5. The lowest BCUT2D eigenvalue weighted by Gasteiger charge is -2.49. The predicted molar refractivity (Wildman–Crippen MR) is 105 cm³/mol. The van der Waals surface area contributed by atoms with Gasteiger partial charge in [-0.1, -0.05) is 41.5 Å². The zero-order valence-electron chi connectivity index (χ0n) is 17.8. The highest BCUT2D eigenvalue weighted by Gasteiger charge is 2.49. The Kier molecular flexibility index (Phi) is 6.04. The average molecular weight is 383 g/mol. The summed E-state index contributed by atoms with van der Waals surface area (Å²) in [5.41, 5.74) is -2.40. The minimum atomic E-state index is -0.889. The summed E-state index contributed by atoms with van der Waals surface area (Å²) in [6, 6.07) is -0.790. The van der Waals surface area contributed by atoms with E-state index in [9.17, 15) is 19.8 Å². The van der Waals surface area contributed by atoms with Gasteiger partial charge in [-0.3, -0.25) is 9.59 Å². The van der Waals surface area contributed by atoms with E-state index in [1.165, 1.54) is 0 Å². The Morgan fingerprint density at radius 3 is 1.26 bits per heavy atom. The molecule has 2 rings (SSSR count). The van der Waals surface area contributed by atoms with Crippen molar-refractivity contribution in [3.05, 3.63) is 0 Å². The summed E-state index contributed by atoms with van der Waals surface area (Å²) < 4.78 is 0. The molecule has 0 heterocycles. The van der Waals surface area contributed by atoms with Gasteiger partial charge in [-0.25, -0.2) is 0 Å². The topological polar surface area (TPSA) is 98.7 Å². The predicted octanol–water partition coefficient (Wildman–Crippen LogP) is 2.27. The number of carbonyl (C=O) groups is 2. The molecule has 0 aliphatic heterocycles. The molecule has 0 bridgehead atoms. The second kappa shape index (κ2) is 7.36. The van der Waals surface area contributed by atoms with E-state index in [-0.39, 0.29) is 29.1 Å². The van der Waals surface area contributed by atoms with Crippen LogP contribution in [0.25, 0.3) is 0 Å². The Hall–Kier alpha value is -1.14. The molecule has 2 aliphatic carbocycles. The van der Waals surface area contributed by atoms with Crippen molar-refractivity contribution in [2.24, 2.45) is 10.8 Å². The second-order valence-electron chi connectivity index (χ2n) is 10.8. The maximum Gasteiger partial charge on any atom is 0.229 e. The van der Waals surface area contributed by atoms with Crippen LogP contribution in [0.15, 0.2) is 0 Å². The van der Waals surface area contributed by atoms with Crippen molar-refractivity contribution in [3.8, 4) is 0 Å². The van der Waals surface area contributed by atoms with E-state index >= 15 is 0 Å². The fourth-order valence-electron chi connectivity index (χ4n) is 4.54. The first kappa shape index (κ1) is 22.2. The minimum Gasteiger partial charge on any atom is -0.388 e. The lowest BCUT2D eigenvalue weighted by Crippen LogP contribution is -2.63. The van der Waals surface area contributed by atoms with E-state index in [0.29, 0.717) is 25.7 Å². The molecule has 0 aromatic heterocycles. The first-order valence-corrected chi connectivity index (χ1v) is 10.2. The number of rotatable bonds is 6. The van der Waals surface area contributed by atoms with Crippen LogP contribution in [-0.4, -0.2) is 45.3 Å². The van der Waals surface area contributed by atoms with Gasteiger partial charge in [-0.05, 0) is 49.4 Å². The molecule has 2 fully saturated rings. The quantitative estimate of drug-likeness (QED) is 0.530. The smallest absolute Gasteiger partial charge is 0.229 e. The Bertz CT molecular complexity index is 516. The SMILES string of the molecule is CC(C)(C)C(NC(=O)CC(=O)NC(C(C)(C)C)C1(O)CCC1)C1(O)CCC1. The van der Waals surface area contributed by atoms with Gasteiger partial charge in [-0.2, -0.15) is 0 Å². The van der Waals surface area contributed by atoms with Crippen LogP contribution in [0, 0.1) is 10.8 Å². The van der Waals surface area contributed by atoms with Crippen molar-refractivity contribution in [3.63, 3.8) is 0 Å². The van der Waals surface area contributed by atoms with Crippen LogP contribution in [0.1, 0.15) is 86.5 Å². The van der Waals surface area contributed by atoms with E-state index in [1.807, 2.05) is 41.5 Å². The Labute approximate surface area is 163 Å². The van der Waals surface area contributed by atoms with Gasteiger partial charge in [0.05, 0.1) is 23.3 Å². The molecule has 2 aliphatic rings. The highest BCUT2D eigenvalue weighted by molar-refractivity contribution is 5.97. The summed E-state index contributed by atoms with van der Waals surface area (Å²) in [4.78, 5) is 25.0. The number of amides is 2. The van der Waals surface area contributed by atoms with Crippen molar-refractivity contribution in [1.29, 1.82) is 0 Å². The molecule has 27 heavy (non-hydrogen) atoms. The van der Waals surface area contributed by atoms with Crippen molar-refractivity contribution < 1.29 is 19.8 Å². The Morgan fingerprint density at radius 2 is 1.07 bits per heavy atom. The summed E-state index contributed by atoms with van der Waals surface area (Å²) >= 11 is 0. The molecule has 2 unspecified atom stereocenters. The molecule has 4 N–H and O–H groups in total. The molecule has 0 radical (unpaired) electrons. The molecule has 0 saturated heterocycles. The summed E-state index contributed by atoms with van der Waals surface area (Å²) in [5.74, 6) is -0.776. The van der Waals surface area contributed by atoms with Crippen molar-refractivity contribution in [2.45, 2.75) is 110 Å². The van der Waals surface area contributed by atoms with Crippen LogP contribution in [0.3, 0.4) is 0 Å². The largest absolute Gasteiger partial charge is 0.388 e. The Balaban J connectivity index is 1.98. The monoisotopic (exact) mass is 382 g/mol. The lowest BCUT2D eigenvalue weighted by atomic mass is 9.66. The minimum absolute atomic E-state index is 0.300. The van der Waals surface area contributed by atoms with Gasteiger partial charge in [0.15, 0.2) is 0 Å². The van der Waals surface area contributed by atoms with Crippen LogP contribution in [0.2, 0.25) is 0 Å². The summed E-state index contributed by atoms with van der Waals surface area (Å²) in [6.45, 7) is 11.9. The second-order valence-corrected chi connectivity index (χ2v) is 10.8. The molecule has 2 amide bonds. The zero-order chi connectivity index (χ0) is 20.7. The standard InChI is InChI=1S/C21H38N2O4/c1-18(2,3)16(20(26)9-7-10-20)22-14(24)13-15(25)23-17(19(4,5)6)21(27)11-8-12-21/h16-17,26-27H,7-13H2,1-6H3,(H,22,24)(H,23,25). The van der Waals surface area contributed by atoms with E-state index in [2.05, 4.69) is 10.6 Å². The third kappa shape index (κ3) is 5.02. The number of aliphatic hydroxyl groups is 2. The van der Waals surface area contributed by atoms with Crippen LogP contribution < -0.4 is 10.6 Å². The first-order chi connectivity index (χ1) is 12.2. The molecule has 156 valence electrons. The van der Waals surface area contributed by atoms with Crippen molar-refractivity contribution in [1.82, 2.24) is 10.6 Å². The maximum atomic E-state index is 12.5. The van der Waals surface area contributed by atoms with Gasteiger partial charge in [-0.15, -0.1) is 0 Å². The van der Waals surface area contributed by atoms with Crippen molar-refractivity contribution in [2.75, 3.05) is 0 Å². The zero-order valence-corrected chi connectivity index (χ0v) is 17.8.